The zero-order valence-corrected chi connectivity index (χ0v) is 11.3. The van der Waals surface area contributed by atoms with Gasteiger partial charge in [-0.2, -0.15) is 0 Å². The Balaban J connectivity index is 1.58. The second-order valence-electron chi connectivity index (χ2n) is 6.97. The van der Waals surface area contributed by atoms with Gasteiger partial charge in [0.15, 0.2) is 0 Å². The van der Waals surface area contributed by atoms with Crippen molar-refractivity contribution in [3.63, 3.8) is 0 Å². The van der Waals surface area contributed by atoms with Crippen molar-refractivity contribution in [3.8, 4) is 0 Å². The van der Waals surface area contributed by atoms with E-state index in [9.17, 15) is 0 Å². The van der Waals surface area contributed by atoms with Gasteiger partial charge in [0.25, 0.3) is 0 Å². The van der Waals surface area contributed by atoms with Crippen molar-refractivity contribution in [3.05, 3.63) is 35.4 Å². The van der Waals surface area contributed by atoms with Crippen LogP contribution in [0.15, 0.2) is 24.3 Å². The molecule has 1 aromatic carbocycles. The first-order valence-electron chi connectivity index (χ1n) is 7.97. The first-order chi connectivity index (χ1) is 8.90. The largest absolute Gasteiger partial charge is 0.0620 e. The summed E-state index contributed by atoms with van der Waals surface area (Å²) >= 11 is 0. The Morgan fingerprint density at radius 3 is 1.67 bits per heavy atom. The monoisotopic (exact) mass is 240 g/mol. The van der Waals surface area contributed by atoms with Crippen LogP contribution in [0.3, 0.4) is 0 Å². The summed E-state index contributed by atoms with van der Waals surface area (Å²) in [7, 11) is 0. The van der Waals surface area contributed by atoms with Crippen molar-refractivity contribution >= 4 is 0 Å². The van der Waals surface area contributed by atoms with Crippen molar-refractivity contribution in [2.45, 2.75) is 51.4 Å². The minimum absolute atomic E-state index is 1.01. The second kappa shape index (κ2) is 4.40. The highest BCUT2D eigenvalue weighted by molar-refractivity contribution is 5.30. The van der Waals surface area contributed by atoms with Crippen LogP contribution < -0.4 is 0 Å². The number of hydrogen-bond acceptors (Lipinski definition) is 0. The number of hydrogen-bond donors (Lipinski definition) is 0. The Morgan fingerprint density at radius 1 is 0.667 bits per heavy atom. The minimum Gasteiger partial charge on any atom is -0.0620 e. The molecule has 4 unspecified atom stereocenters. The van der Waals surface area contributed by atoms with Crippen molar-refractivity contribution in [1.29, 1.82) is 0 Å². The Morgan fingerprint density at radius 2 is 1.17 bits per heavy atom. The van der Waals surface area contributed by atoms with E-state index in [0.29, 0.717) is 0 Å². The molecule has 0 amide bonds. The third-order valence-electron chi connectivity index (χ3n) is 6.03. The van der Waals surface area contributed by atoms with Crippen LogP contribution in [-0.4, -0.2) is 0 Å². The topological polar surface area (TPSA) is 0 Å². The van der Waals surface area contributed by atoms with Crippen LogP contribution in [0.5, 0.6) is 0 Å². The minimum atomic E-state index is 1.01. The molecule has 1 aromatic rings. The van der Waals surface area contributed by atoms with Crippen LogP contribution in [0.2, 0.25) is 0 Å². The van der Waals surface area contributed by atoms with Crippen molar-refractivity contribution < 1.29 is 0 Å². The Bertz CT molecular complexity index is 392. The fraction of sp³-hybridized carbons (Fsp3) is 0.667. The van der Waals surface area contributed by atoms with Crippen LogP contribution in [-0.2, 0) is 12.8 Å². The molecule has 0 aromatic heterocycles. The highest BCUT2D eigenvalue weighted by Crippen LogP contribution is 2.49. The molecule has 4 atom stereocenters. The van der Waals surface area contributed by atoms with E-state index < -0.39 is 0 Å². The lowest BCUT2D eigenvalue weighted by Gasteiger charge is -2.46. The first kappa shape index (κ1) is 11.1. The maximum absolute atomic E-state index is 2.37. The highest BCUT2D eigenvalue weighted by Gasteiger charge is 2.39. The van der Waals surface area contributed by atoms with Crippen molar-refractivity contribution in [2.75, 3.05) is 0 Å². The predicted octanol–water partition coefficient (Wildman–Crippen LogP) is 4.62. The quantitative estimate of drug-likeness (QED) is 0.621. The molecule has 3 aliphatic carbocycles. The van der Waals surface area contributed by atoms with Crippen molar-refractivity contribution in [2.24, 2.45) is 23.7 Å². The van der Waals surface area contributed by atoms with Gasteiger partial charge in [0.05, 0.1) is 0 Å². The molecule has 0 saturated heterocycles. The lowest BCUT2D eigenvalue weighted by molar-refractivity contribution is 0.0721. The van der Waals surface area contributed by atoms with Crippen LogP contribution in [0.25, 0.3) is 0 Å². The molecule has 3 aliphatic rings. The fourth-order valence-corrected chi connectivity index (χ4v) is 5.09. The Hall–Kier alpha value is -0.780. The highest BCUT2D eigenvalue weighted by atomic mass is 14.4. The lowest BCUT2D eigenvalue weighted by atomic mass is 9.59. The van der Waals surface area contributed by atoms with E-state index in [1.807, 2.05) is 0 Å². The molecule has 96 valence electrons. The van der Waals surface area contributed by atoms with Crippen LogP contribution >= 0.6 is 0 Å². The Kier molecular flexibility index (Phi) is 2.71. The average Bonchev–Trinajstić information content (AvgIpc) is 2.42. The maximum Gasteiger partial charge on any atom is -0.0245 e. The van der Waals surface area contributed by atoms with Gasteiger partial charge >= 0.3 is 0 Å². The molecule has 0 spiro atoms. The van der Waals surface area contributed by atoms with Gasteiger partial charge in [0, 0.05) is 0 Å². The molecule has 2 fully saturated rings. The molecule has 0 N–H and O–H groups in total. The van der Waals surface area contributed by atoms with E-state index in [0.717, 1.165) is 23.7 Å². The standard InChI is InChI=1S/C18H24/c1-2-6-14-10-18-12-16-8-4-3-7-15(16)11-17(18)9-13(14)5-1/h1-2,5-6,15-18H,3-4,7-12H2. The summed E-state index contributed by atoms with van der Waals surface area (Å²) < 4.78 is 0. The lowest BCUT2D eigenvalue weighted by Crippen LogP contribution is -2.37. The molecule has 0 nitrogen and oxygen atoms in total. The van der Waals surface area contributed by atoms with Crippen LogP contribution in [0.1, 0.15) is 49.7 Å². The van der Waals surface area contributed by atoms with Gasteiger partial charge in [0.1, 0.15) is 0 Å². The molecule has 2 saturated carbocycles. The smallest absolute Gasteiger partial charge is 0.0245 e. The fourth-order valence-electron chi connectivity index (χ4n) is 5.09. The molecule has 0 heterocycles. The average molecular weight is 240 g/mol. The summed E-state index contributed by atoms with van der Waals surface area (Å²) in [6.07, 6.45) is 11.9. The number of fused-ring (bicyclic) bond motifs is 3. The molecule has 0 radical (unpaired) electrons. The summed E-state index contributed by atoms with van der Waals surface area (Å²) in [6, 6.07) is 9.20. The van der Waals surface area contributed by atoms with Gasteiger partial charge in [-0.25, -0.2) is 0 Å². The number of benzene rings is 1. The van der Waals surface area contributed by atoms with E-state index in [1.165, 1.54) is 38.5 Å². The maximum atomic E-state index is 2.37. The second-order valence-corrected chi connectivity index (χ2v) is 6.97. The summed E-state index contributed by atoms with van der Waals surface area (Å²) in [5, 5.41) is 0. The van der Waals surface area contributed by atoms with Gasteiger partial charge in [-0.05, 0) is 60.5 Å². The van der Waals surface area contributed by atoms with Crippen LogP contribution in [0, 0.1) is 23.7 Å². The molecule has 4 rings (SSSR count). The first-order valence-corrected chi connectivity index (χ1v) is 7.97. The molecular formula is C18H24. The molecular weight excluding hydrogens is 216 g/mol. The summed E-state index contributed by atoms with van der Waals surface area (Å²) in [4.78, 5) is 0. The van der Waals surface area contributed by atoms with Gasteiger partial charge in [-0.1, -0.05) is 49.9 Å². The van der Waals surface area contributed by atoms with E-state index in [1.54, 1.807) is 24.0 Å². The van der Waals surface area contributed by atoms with Gasteiger partial charge < -0.3 is 0 Å². The van der Waals surface area contributed by atoms with Gasteiger partial charge in [-0.15, -0.1) is 0 Å². The summed E-state index contributed by atoms with van der Waals surface area (Å²) in [5.41, 5.74) is 3.32. The molecule has 0 bridgehead atoms. The Labute approximate surface area is 111 Å². The zero-order valence-electron chi connectivity index (χ0n) is 11.3. The summed E-state index contributed by atoms with van der Waals surface area (Å²) in [5.74, 6) is 4.20. The molecule has 0 aliphatic heterocycles. The van der Waals surface area contributed by atoms with E-state index >= 15 is 0 Å². The van der Waals surface area contributed by atoms with Crippen LogP contribution in [0.4, 0.5) is 0 Å². The van der Waals surface area contributed by atoms with E-state index in [2.05, 4.69) is 24.3 Å². The van der Waals surface area contributed by atoms with Gasteiger partial charge in [0.2, 0.25) is 0 Å². The predicted molar refractivity (Wildman–Crippen MR) is 75.5 cm³/mol. The summed E-state index contributed by atoms with van der Waals surface area (Å²) in [6.45, 7) is 0. The third kappa shape index (κ3) is 1.81. The van der Waals surface area contributed by atoms with E-state index in [-0.39, 0.29) is 0 Å². The van der Waals surface area contributed by atoms with Gasteiger partial charge in [-0.3, -0.25) is 0 Å². The number of rotatable bonds is 0. The molecule has 0 heteroatoms. The molecule has 18 heavy (non-hydrogen) atoms. The van der Waals surface area contributed by atoms with Crippen molar-refractivity contribution in [1.82, 2.24) is 0 Å². The zero-order chi connectivity index (χ0) is 11.9. The normalized spacial score (nSPS) is 38.4. The third-order valence-corrected chi connectivity index (χ3v) is 6.03. The SMILES string of the molecule is c1ccc2c(c1)CC1CC3CCCCC3CC1C2. The van der Waals surface area contributed by atoms with E-state index in [4.69, 9.17) is 0 Å².